The zero-order valence-electron chi connectivity index (χ0n) is 29.2. The Morgan fingerprint density at radius 1 is 0.400 bits per heavy atom. The van der Waals surface area contributed by atoms with Crippen molar-refractivity contribution in [2.24, 2.45) is 0 Å². The van der Waals surface area contributed by atoms with Crippen molar-refractivity contribution in [1.29, 1.82) is 0 Å². The molecule has 0 saturated carbocycles. The molecule has 4 nitrogen and oxygen atoms in total. The van der Waals surface area contributed by atoms with Gasteiger partial charge in [-0.05, 0) is 113 Å². The highest BCUT2D eigenvalue weighted by Crippen LogP contribution is 2.34. The van der Waals surface area contributed by atoms with Crippen LogP contribution in [0.25, 0.3) is 33.0 Å². The van der Waals surface area contributed by atoms with Crippen LogP contribution < -0.4 is 4.74 Å². The van der Waals surface area contributed by atoms with E-state index in [1.54, 1.807) is 60.7 Å². The molecule has 0 radical (unpaired) electrons. The first kappa shape index (κ1) is 34.8. The Hall–Kier alpha value is -7.31. The molecule has 0 spiro atoms. The van der Waals surface area contributed by atoms with Gasteiger partial charge >= 0.3 is 0 Å². The van der Waals surface area contributed by atoms with Crippen LogP contribution in [0.2, 0.25) is 0 Å². The fourth-order valence-corrected chi connectivity index (χ4v) is 6.56. The van der Waals surface area contributed by atoms with Gasteiger partial charge in [0, 0.05) is 38.8 Å². The molecule has 0 atom stereocenters. The Morgan fingerprint density at radius 3 is 1.44 bits per heavy atom. The molecule has 0 aromatic heterocycles. The Bertz CT molecular complexity index is 2690. The number of carbonyl (C=O) groups excluding carboxylic acids is 3. The number of benzene rings is 8. The van der Waals surface area contributed by atoms with Gasteiger partial charge in [-0.3, -0.25) is 14.4 Å². The molecule has 0 amide bonds. The van der Waals surface area contributed by atoms with Crippen LogP contribution in [0.15, 0.2) is 182 Å². The highest BCUT2D eigenvalue weighted by atomic mass is 19.1. The summed E-state index contributed by atoms with van der Waals surface area (Å²) in [5, 5.41) is 2.03. The Balaban J connectivity index is 1.12. The van der Waals surface area contributed by atoms with Gasteiger partial charge in [0.2, 0.25) is 0 Å². The van der Waals surface area contributed by atoms with Gasteiger partial charge in [0.15, 0.2) is 17.3 Å². The first-order chi connectivity index (χ1) is 26.8. The number of halogens is 2. The van der Waals surface area contributed by atoms with Crippen LogP contribution in [0.3, 0.4) is 0 Å². The third-order valence-electron chi connectivity index (χ3n) is 9.51. The minimum absolute atomic E-state index is 0.219. The van der Waals surface area contributed by atoms with Crippen molar-refractivity contribution < 1.29 is 27.9 Å². The van der Waals surface area contributed by atoms with Crippen LogP contribution in [-0.4, -0.2) is 17.3 Å². The van der Waals surface area contributed by atoms with Gasteiger partial charge in [0.1, 0.15) is 23.1 Å². The van der Waals surface area contributed by atoms with Crippen molar-refractivity contribution in [3.8, 4) is 33.8 Å². The maximum absolute atomic E-state index is 14.4. The van der Waals surface area contributed by atoms with Crippen molar-refractivity contribution in [1.82, 2.24) is 0 Å². The number of hydrogen-bond acceptors (Lipinski definition) is 4. The van der Waals surface area contributed by atoms with Gasteiger partial charge in [0.05, 0.1) is 0 Å². The van der Waals surface area contributed by atoms with E-state index in [-0.39, 0.29) is 17.3 Å². The summed E-state index contributed by atoms with van der Waals surface area (Å²) >= 11 is 0. The van der Waals surface area contributed by atoms with Crippen molar-refractivity contribution in [3.05, 3.63) is 227 Å². The molecule has 0 fully saturated rings. The average molecular weight is 721 g/mol. The summed E-state index contributed by atoms with van der Waals surface area (Å²) in [5.74, 6) is -0.243. The summed E-state index contributed by atoms with van der Waals surface area (Å²) in [6.45, 7) is 0. The molecule has 0 aliphatic rings. The number of ketones is 3. The topological polar surface area (TPSA) is 60.4 Å². The summed E-state index contributed by atoms with van der Waals surface area (Å²) < 4.78 is 33.1. The fourth-order valence-electron chi connectivity index (χ4n) is 6.56. The quantitative estimate of drug-likeness (QED) is 0.132. The van der Waals surface area contributed by atoms with Crippen molar-refractivity contribution in [2.45, 2.75) is 0 Å². The number of fused-ring (bicyclic) bond motifs is 1. The molecule has 8 aromatic rings. The molecule has 264 valence electrons. The molecule has 0 heterocycles. The Morgan fingerprint density at radius 2 is 0.855 bits per heavy atom. The molecule has 0 saturated heterocycles. The van der Waals surface area contributed by atoms with E-state index >= 15 is 0 Å². The van der Waals surface area contributed by atoms with Gasteiger partial charge in [-0.1, -0.05) is 97.1 Å². The van der Waals surface area contributed by atoms with E-state index in [0.717, 1.165) is 27.5 Å². The largest absolute Gasteiger partial charge is 0.457 e. The predicted octanol–water partition coefficient (Wildman–Crippen LogP) is 11.9. The average Bonchev–Trinajstić information content (AvgIpc) is 3.24. The van der Waals surface area contributed by atoms with Gasteiger partial charge < -0.3 is 4.74 Å². The summed E-state index contributed by atoms with van der Waals surface area (Å²) in [6.07, 6.45) is 0. The smallest absolute Gasteiger partial charge is 0.193 e. The lowest BCUT2D eigenvalue weighted by atomic mass is 9.89. The lowest BCUT2D eigenvalue weighted by Crippen LogP contribution is -2.05. The third kappa shape index (κ3) is 7.34. The maximum Gasteiger partial charge on any atom is 0.193 e. The molecule has 55 heavy (non-hydrogen) atoms. The van der Waals surface area contributed by atoms with Crippen LogP contribution in [0.5, 0.6) is 11.5 Å². The zero-order chi connectivity index (χ0) is 37.9. The monoisotopic (exact) mass is 720 g/mol. The second kappa shape index (κ2) is 15.0. The van der Waals surface area contributed by atoms with E-state index in [0.29, 0.717) is 50.4 Å². The molecule has 8 aromatic carbocycles. The van der Waals surface area contributed by atoms with Gasteiger partial charge in [-0.25, -0.2) is 8.78 Å². The van der Waals surface area contributed by atoms with Crippen LogP contribution in [0, 0.1) is 11.6 Å². The van der Waals surface area contributed by atoms with E-state index in [2.05, 4.69) is 0 Å². The van der Waals surface area contributed by atoms with Gasteiger partial charge in [-0.2, -0.15) is 0 Å². The van der Waals surface area contributed by atoms with Crippen LogP contribution in [0.4, 0.5) is 8.78 Å². The first-order valence-electron chi connectivity index (χ1n) is 17.6. The molecule has 0 bridgehead atoms. The first-order valence-corrected chi connectivity index (χ1v) is 17.6. The van der Waals surface area contributed by atoms with Crippen molar-refractivity contribution in [3.63, 3.8) is 0 Å². The zero-order valence-corrected chi connectivity index (χ0v) is 29.2. The lowest BCUT2D eigenvalue weighted by molar-refractivity contribution is 0.103. The van der Waals surface area contributed by atoms with E-state index in [1.165, 1.54) is 48.5 Å². The molecule has 6 heteroatoms. The summed E-state index contributed by atoms with van der Waals surface area (Å²) in [5.41, 5.74) is 5.44. The third-order valence-corrected chi connectivity index (χ3v) is 9.51. The molecule has 0 aliphatic heterocycles. The number of hydrogen-bond donors (Lipinski definition) is 0. The van der Waals surface area contributed by atoms with E-state index in [9.17, 15) is 23.2 Å². The Labute approximate surface area is 315 Å². The standard InChI is InChI=1S/C49H30F2O4/c50-40-23-16-36(17-24-40)47(52)34-12-8-31(9-13-34)39-22-29-43(33-10-14-35(15-11-33)48(53)37-18-25-41(51)26-19-37)45(30-39)49(54)38-20-27-42(28-21-38)55-46-7-3-5-32-4-1-2-6-44(32)46/h1-30H. The van der Waals surface area contributed by atoms with E-state index in [4.69, 9.17) is 4.74 Å². The Kier molecular flexibility index (Phi) is 9.46. The SMILES string of the molecule is O=C(c1ccc(F)cc1)c1ccc(-c2ccc(-c3ccc(C(=O)c4ccc(F)cc4)cc3)c(C(=O)c3ccc(Oc4cccc5ccccc45)cc3)c2)cc1. The number of ether oxygens (including phenoxy) is 1. The molecular formula is C49H30F2O4. The highest BCUT2D eigenvalue weighted by Gasteiger charge is 2.19. The highest BCUT2D eigenvalue weighted by molar-refractivity contribution is 6.14. The van der Waals surface area contributed by atoms with Gasteiger partial charge in [0.25, 0.3) is 0 Å². The van der Waals surface area contributed by atoms with Crippen LogP contribution in [-0.2, 0) is 0 Å². The molecule has 8 rings (SSSR count). The minimum atomic E-state index is -0.422. The molecule has 0 unspecified atom stereocenters. The van der Waals surface area contributed by atoms with E-state index in [1.807, 2.05) is 72.8 Å². The van der Waals surface area contributed by atoms with Crippen LogP contribution in [0.1, 0.15) is 47.8 Å². The summed E-state index contributed by atoms with van der Waals surface area (Å²) in [6, 6.07) is 51.3. The maximum atomic E-state index is 14.4. The molecule has 0 aliphatic carbocycles. The number of carbonyl (C=O) groups is 3. The normalized spacial score (nSPS) is 10.9. The van der Waals surface area contributed by atoms with Gasteiger partial charge in [-0.15, -0.1) is 0 Å². The second-order valence-electron chi connectivity index (χ2n) is 13.0. The molecular weight excluding hydrogens is 691 g/mol. The molecule has 0 N–H and O–H groups in total. The number of rotatable bonds is 10. The van der Waals surface area contributed by atoms with Crippen molar-refractivity contribution in [2.75, 3.05) is 0 Å². The lowest BCUT2D eigenvalue weighted by Gasteiger charge is -2.14. The van der Waals surface area contributed by atoms with Crippen LogP contribution >= 0.6 is 0 Å². The predicted molar refractivity (Wildman–Crippen MR) is 211 cm³/mol. The fraction of sp³-hybridized carbons (Fsp3) is 0. The van der Waals surface area contributed by atoms with E-state index < -0.39 is 11.6 Å². The summed E-state index contributed by atoms with van der Waals surface area (Å²) in [7, 11) is 0. The summed E-state index contributed by atoms with van der Waals surface area (Å²) in [4.78, 5) is 40.5. The van der Waals surface area contributed by atoms with Crippen molar-refractivity contribution >= 4 is 28.1 Å². The minimum Gasteiger partial charge on any atom is -0.457 e. The second-order valence-corrected chi connectivity index (χ2v) is 13.0.